The van der Waals surface area contributed by atoms with E-state index in [1.54, 1.807) is 118 Å². The van der Waals surface area contributed by atoms with Crippen molar-refractivity contribution in [3.8, 4) is 34.1 Å². The second kappa shape index (κ2) is 41.9. The van der Waals surface area contributed by atoms with Crippen molar-refractivity contribution in [1.29, 1.82) is 0 Å². The summed E-state index contributed by atoms with van der Waals surface area (Å²) in [6.45, 7) is 24.6. The molecule has 0 saturated carbocycles. The number of benzene rings is 6. The first kappa shape index (κ1) is 89.9. The number of Topliss-reactive ketones (excluding diaryl/α,β-unsaturated/α-hetero) is 3. The van der Waals surface area contributed by atoms with Crippen molar-refractivity contribution in [2.24, 2.45) is 28.4 Å². The summed E-state index contributed by atoms with van der Waals surface area (Å²) in [5, 5.41) is 12.3. The Hall–Kier alpha value is -10.0. The number of nitrogens with zero attached hydrogens (tertiary/aromatic N) is 3. The summed E-state index contributed by atoms with van der Waals surface area (Å²) < 4.78 is 56.6. The van der Waals surface area contributed by atoms with Gasteiger partial charge in [-0.1, -0.05) is 108 Å². The molecular formula is C87H115FN8O15. The summed E-state index contributed by atoms with van der Waals surface area (Å²) in [5.74, 6) is -7.73. The van der Waals surface area contributed by atoms with Crippen molar-refractivity contribution in [3.63, 3.8) is 0 Å². The fraction of sp³-hybridized carbons (Fsp3) is 0.494. The molecular weight excluding hydrogens is 1420 g/mol. The van der Waals surface area contributed by atoms with Crippen LogP contribution in [0.3, 0.4) is 0 Å². The molecule has 0 aliphatic heterocycles. The fourth-order valence-electron chi connectivity index (χ4n) is 13.2. The Morgan fingerprint density at radius 2 is 1.25 bits per heavy atom. The Kier molecular flexibility index (Phi) is 33.9. The summed E-state index contributed by atoms with van der Waals surface area (Å²) in [6.07, 6.45) is -0.301. The summed E-state index contributed by atoms with van der Waals surface area (Å²) in [5.41, 5.74) is 24.2. The van der Waals surface area contributed by atoms with E-state index in [0.717, 1.165) is 33.4 Å². The number of unbranched alkanes of at least 4 members (excludes halogenated alkanes) is 1. The van der Waals surface area contributed by atoms with Crippen LogP contribution in [0.5, 0.6) is 23.0 Å². The Morgan fingerprint density at radius 1 is 0.622 bits per heavy atom. The third-order valence-electron chi connectivity index (χ3n) is 18.5. The standard InChI is InChI=1S/C87H115FN8O15/c1-17-59-45-67(107-40-21-20-39-92-96-91)36-37-68(59)60-29-27-57(28-30-60)44-63(81(102)93-72(26-22-23-58-42-54(2)41-55(3)43-58)75(98)49-70(69-38-35-66(105-15)48-77(69)106-16)61-31-33-65(34-32-61)108-53-78(89)100)46-74(97)73(50-79(101)111-86(11,12)13)94-82(103)64(52-109-84(5,6)7)47-76(99)80(56(4)110-85(8,9)10)95-83(104)87(14,90)51-62-24-18-19-25-71(62)88/h18-19,24-25,27-38,41-43,45,48,56,63-64,70,72-73,80H,17,20-23,26,39-40,44,46-47,49-53,90H2,1-16H3,(H2,89,100)(H,93,102)(H,94,103)(H,95,104)/t56-,63-,64+,70?,72+,73+,80+,87+/m1/s1. The van der Waals surface area contributed by atoms with E-state index in [4.69, 9.17) is 50.2 Å². The third kappa shape index (κ3) is 30.0. The average Bonchev–Trinajstić information content (AvgIpc) is 0.817. The molecule has 23 nitrogen and oxygen atoms in total. The van der Waals surface area contributed by atoms with Crippen molar-refractivity contribution in [2.45, 2.75) is 226 Å². The number of amides is 4. The molecule has 111 heavy (non-hydrogen) atoms. The number of carbonyl (C=O) groups excluding carboxylic acids is 8. The number of rotatable bonds is 44. The van der Waals surface area contributed by atoms with Gasteiger partial charge in [0.1, 0.15) is 40.5 Å². The lowest BCUT2D eigenvalue weighted by molar-refractivity contribution is -0.156. The van der Waals surface area contributed by atoms with Crippen LogP contribution in [0.1, 0.15) is 185 Å². The first-order valence-electron chi connectivity index (χ1n) is 38.0. The maximum absolute atomic E-state index is 15.9. The van der Waals surface area contributed by atoms with Crippen molar-refractivity contribution in [1.82, 2.24) is 16.0 Å². The van der Waals surface area contributed by atoms with E-state index < -0.39 is 137 Å². The molecule has 6 rings (SSSR count). The van der Waals surface area contributed by atoms with Crippen molar-refractivity contribution < 1.29 is 75.9 Å². The Bertz CT molecular complexity index is 4170. The number of carbonyl (C=O) groups is 8. The van der Waals surface area contributed by atoms with E-state index in [2.05, 4.69) is 44.2 Å². The van der Waals surface area contributed by atoms with Gasteiger partial charge in [0.2, 0.25) is 17.7 Å². The molecule has 0 aliphatic carbocycles. The van der Waals surface area contributed by atoms with Crippen molar-refractivity contribution in [2.75, 3.05) is 40.6 Å². The highest BCUT2D eigenvalue weighted by Crippen LogP contribution is 2.39. The largest absolute Gasteiger partial charge is 0.497 e. The van der Waals surface area contributed by atoms with Crippen LogP contribution >= 0.6 is 0 Å². The van der Waals surface area contributed by atoms with Crippen LogP contribution in [0.4, 0.5) is 4.39 Å². The average molecular weight is 1530 g/mol. The first-order chi connectivity index (χ1) is 52.3. The van der Waals surface area contributed by atoms with Crippen LogP contribution in [0.25, 0.3) is 21.6 Å². The number of hydrogen-bond donors (Lipinski definition) is 5. The summed E-state index contributed by atoms with van der Waals surface area (Å²) in [4.78, 5) is 121. The topological polar surface area (TPSA) is 338 Å². The number of azide groups is 1. The maximum Gasteiger partial charge on any atom is 0.308 e. The Balaban J connectivity index is 1.45. The molecule has 0 heterocycles. The first-order valence-corrected chi connectivity index (χ1v) is 38.0. The van der Waals surface area contributed by atoms with Gasteiger partial charge < -0.3 is 60.6 Å². The number of nitrogens with two attached hydrogens (primary N) is 2. The normalized spacial score (nSPS) is 14.1. The van der Waals surface area contributed by atoms with Gasteiger partial charge in [-0.25, -0.2) is 4.39 Å². The number of hydrogen-bond acceptors (Lipinski definition) is 17. The number of esters is 1. The maximum atomic E-state index is 15.9. The SMILES string of the molecule is CCc1cc(OCCCCN=[N+]=[N-])ccc1-c1ccc(C[C@H](CC(=O)[C@H](CC(=O)OC(C)(C)C)NC(=O)[C@H](COC(C)(C)C)CC(=O)[C@@H](NC(=O)[C@@](C)(N)Cc2ccccc2F)[C@@H](C)OC(C)(C)C)C(=O)N[C@@H](CCCc2cc(C)cc(C)c2)C(=O)CC(c2ccc(OCC(N)=O)cc2)c2ccc(OC)cc2OC)cc1. The van der Waals surface area contributed by atoms with E-state index in [9.17, 15) is 14.4 Å². The summed E-state index contributed by atoms with van der Waals surface area (Å²) >= 11 is 0. The minimum atomic E-state index is -1.75. The molecule has 6 aromatic rings. The Labute approximate surface area is 653 Å². The number of ketones is 3. The highest BCUT2D eigenvalue weighted by Gasteiger charge is 2.41. The van der Waals surface area contributed by atoms with Gasteiger partial charge >= 0.3 is 5.97 Å². The van der Waals surface area contributed by atoms with Gasteiger partial charge in [-0.2, -0.15) is 0 Å². The zero-order valence-corrected chi connectivity index (χ0v) is 67.5. The molecule has 0 bridgehead atoms. The molecule has 0 aromatic heterocycles. The Morgan fingerprint density at radius 3 is 1.86 bits per heavy atom. The van der Waals surface area contributed by atoms with Crippen molar-refractivity contribution >= 4 is 46.9 Å². The molecule has 6 aromatic carbocycles. The van der Waals surface area contributed by atoms with Crippen LogP contribution in [0.15, 0.2) is 133 Å². The van der Waals surface area contributed by atoms with Gasteiger partial charge in [0.25, 0.3) is 5.91 Å². The molecule has 4 amide bonds. The smallest absolute Gasteiger partial charge is 0.308 e. The van der Waals surface area contributed by atoms with Gasteiger partial charge in [0.05, 0.1) is 74.7 Å². The molecule has 0 fully saturated rings. The molecule has 0 radical (unpaired) electrons. The quantitative estimate of drug-likeness (QED) is 0.00780. The highest BCUT2D eigenvalue weighted by molar-refractivity contribution is 5.99. The van der Waals surface area contributed by atoms with Crippen LogP contribution < -0.4 is 46.4 Å². The predicted octanol–water partition coefficient (Wildman–Crippen LogP) is 13.7. The monoisotopic (exact) mass is 1530 g/mol. The molecule has 1 unspecified atom stereocenters. The number of halogens is 1. The minimum absolute atomic E-state index is 0.0853. The second-order valence-corrected chi connectivity index (χ2v) is 31.8. The minimum Gasteiger partial charge on any atom is -0.497 e. The van der Waals surface area contributed by atoms with Crippen LogP contribution in [0, 0.1) is 31.5 Å². The molecule has 7 N–H and O–H groups in total. The molecule has 600 valence electrons. The summed E-state index contributed by atoms with van der Waals surface area (Å²) in [6, 6.07) is 33.3. The number of methoxy groups -OCH3 is 2. The van der Waals surface area contributed by atoms with E-state index >= 15 is 28.4 Å². The fourth-order valence-corrected chi connectivity index (χ4v) is 13.2. The lowest BCUT2D eigenvalue weighted by atomic mass is 9.84. The molecule has 0 aliphatic rings. The van der Waals surface area contributed by atoms with Crippen LogP contribution in [-0.2, 0) is 78.3 Å². The highest BCUT2D eigenvalue weighted by atomic mass is 19.1. The zero-order valence-electron chi connectivity index (χ0n) is 67.5. The van der Waals surface area contributed by atoms with E-state index in [0.29, 0.717) is 84.9 Å². The number of aryl methyl sites for hydroxylation is 4. The van der Waals surface area contributed by atoms with Gasteiger partial charge in [-0.15, -0.1) is 0 Å². The van der Waals surface area contributed by atoms with E-state index in [-0.39, 0.29) is 43.6 Å². The predicted molar refractivity (Wildman–Crippen MR) is 426 cm³/mol. The van der Waals surface area contributed by atoms with Crippen LogP contribution in [-0.4, -0.2) is 134 Å². The van der Waals surface area contributed by atoms with E-state index in [1.165, 1.54) is 39.3 Å². The lowest BCUT2D eigenvalue weighted by Gasteiger charge is -2.34. The second-order valence-electron chi connectivity index (χ2n) is 31.8. The molecule has 24 heteroatoms. The number of ether oxygens (including phenoxy) is 7. The molecule has 8 atom stereocenters. The summed E-state index contributed by atoms with van der Waals surface area (Å²) in [7, 11) is 3.03. The van der Waals surface area contributed by atoms with Crippen LogP contribution in [0.2, 0.25) is 0 Å². The van der Waals surface area contributed by atoms with Gasteiger partial charge in [-0.3, -0.25) is 38.4 Å². The number of nitrogens with one attached hydrogen (secondary N) is 3. The van der Waals surface area contributed by atoms with Gasteiger partial charge in [-0.05, 0) is 216 Å². The lowest BCUT2D eigenvalue weighted by Crippen LogP contribution is -2.60. The number of primary amides is 1. The van der Waals surface area contributed by atoms with Gasteiger partial charge in [0.15, 0.2) is 24.0 Å². The molecule has 0 spiro atoms. The van der Waals surface area contributed by atoms with Gasteiger partial charge in [0, 0.05) is 60.6 Å². The third-order valence-corrected chi connectivity index (χ3v) is 18.5. The van der Waals surface area contributed by atoms with E-state index in [1.807, 2.05) is 63.2 Å². The zero-order chi connectivity index (χ0) is 82.0. The molecule has 0 saturated heterocycles. The van der Waals surface area contributed by atoms with Crippen molar-refractivity contribution in [3.05, 3.63) is 188 Å².